The molecule has 4 nitrogen and oxygen atoms in total. The number of rotatable bonds is 5. The van der Waals surface area contributed by atoms with E-state index in [0.29, 0.717) is 19.0 Å². The second-order valence-electron chi connectivity index (χ2n) is 5.80. The zero-order valence-electron chi connectivity index (χ0n) is 12.5. The van der Waals surface area contributed by atoms with Gasteiger partial charge in [0.25, 0.3) is 0 Å². The molecule has 0 radical (unpaired) electrons. The van der Waals surface area contributed by atoms with Crippen LogP contribution in [0.2, 0.25) is 0 Å². The van der Waals surface area contributed by atoms with Crippen LogP contribution in [-0.4, -0.2) is 48.9 Å². The van der Waals surface area contributed by atoms with Gasteiger partial charge < -0.3 is 15.5 Å². The van der Waals surface area contributed by atoms with E-state index in [4.69, 9.17) is 5.73 Å². The summed E-state index contributed by atoms with van der Waals surface area (Å²) in [5.41, 5.74) is 7.88. The first-order valence-electron chi connectivity index (χ1n) is 7.33. The molecule has 1 aromatic carbocycles. The number of carbonyl (C=O) groups is 1. The fraction of sp³-hybridized carbons (Fsp3) is 0.562. The molecule has 2 N–H and O–H groups in total. The van der Waals surface area contributed by atoms with Gasteiger partial charge in [0.05, 0.1) is 6.42 Å². The molecular formula is C16H25N3O. The fourth-order valence-corrected chi connectivity index (χ4v) is 2.97. The van der Waals surface area contributed by atoms with Crippen LogP contribution in [0, 0.1) is 0 Å². The number of likely N-dealkylation sites (tertiary alicyclic amines) is 1. The zero-order chi connectivity index (χ0) is 14.5. The largest absolute Gasteiger partial charge is 0.338 e. The Bertz CT molecular complexity index is 459. The van der Waals surface area contributed by atoms with Gasteiger partial charge in [-0.25, -0.2) is 0 Å². The van der Waals surface area contributed by atoms with E-state index in [0.717, 1.165) is 37.1 Å². The third kappa shape index (κ3) is 3.58. The number of amides is 1. The molecule has 2 rings (SSSR count). The van der Waals surface area contributed by atoms with E-state index in [2.05, 4.69) is 19.0 Å². The maximum absolute atomic E-state index is 12.5. The predicted octanol–water partition coefficient (Wildman–Crippen LogP) is 1.24. The minimum atomic E-state index is 0.232. The second-order valence-corrected chi connectivity index (χ2v) is 5.80. The first-order valence-corrected chi connectivity index (χ1v) is 7.33. The fourth-order valence-electron chi connectivity index (χ4n) is 2.97. The van der Waals surface area contributed by atoms with Crippen molar-refractivity contribution in [3.8, 4) is 0 Å². The van der Waals surface area contributed by atoms with E-state index in [1.807, 2.05) is 29.2 Å². The minimum absolute atomic E-state index is 0.232. The lowest BCUT2D eigenvalue weighted by Crippen LogP contribution is -2.42. The quantitative estimate of drug-likeness (QED) is 0.879. The van der Waals surface area contributed by atoms with E-state index < -0.39 is 0 Å². The Balaban J connectivity index is 2.04. The summed E-state index contributed by atoms with van der Waals surface area (Å²) in [5.74, 6) is 0.232. The highest BCUT2D eigenvalue weighted by Crippen LogP contribution is 2.20. The van der Waals surface area contributed by atoms with E-state index in [1.54, 1.807) is 0 Å². The van der Waals surface area contributed by atoms with Gasteiger partial charge in [-0.2, -0.15) is 0 Å². The van der Waals surface area contributed by atoms with Crippen LogP contribution in [0.5, 0.6) is 0 Å². The van der Waals surface area contributed by atoms with Gasteiger partial charge in [-0.3, -0.25) is 4.79 Å². The minimum Gasteiger partial charge on any atom is -0.338 e. The van der Waals surface area contributed by atoms with Crippen molar-refractivity contribution in [3.05, 3.63) is 35.4 Å². The topological polar surface area (TPSA) is 49.6 Å². The lowest BCUT2D eigenvalue weighted by Gasteiger charge is -2.27. The van der Waals surface area contributed by atoms with Crippen molar-refractivity contribution in [1.82, 2.24) is 9.80 Å². The molecule has 1 unspecified atom stereocenters. The highest BCUT2D eigenvalue weighted by Gasteiger charge is 2.28. The molecule has 1 aliphatic rings. The first-order chi connectivity index (χ1) is 9.61. The SMILES string of the molecule is CN(C)CC1CCCN1C(=O)Cc1ccccc1CN. The summed E-state index contributed by atoms with van der Waals surface area (Å²) >= 11 is 0. The smallest absolute Gasteiger partial charge is 0.227 e. The normalized spacial score (nSPS) is 18.8. The Kier molecular flexibility index (Phi) is 5.15. The summed E-state index contributed by atoms with van der Waals surface area (Å²) in [6, 6.07) is 8.33. The van der Waals surface area contributed by atoms with Gasteiger partial charge in [-0.15, -0.1) is 0 Å². The Morgan fingerprint density at radius 3 is 2.70 bits per heavy atom. The number of nitrogens with two attached hydrogens (primary N) is 1. The summed E-state index contributed by atoms with van der Waals surface area (Å²) in [6.45, 7) is 2.33. The Labute approximate surface area is 121 Å². The summed E-state index contributed by atoms with van der Waals surface area (Å²) in [4.78, 5) is 16.7. The van der Waals surface area contributed by atoms with Crippen LogP contribution in [0.3, 0.4) is 0 Å². The molecule has 0 spiro atoms. The lowest BCUT2D eigenvalue weighted by atomic mass is 10.0. The maximum Gasteiger partial charge on any atom is 0.227 e. The van der Waals surface area contributed by atoms with Gasteiger partial charge in [0.2, 0.25) is 5.91 Å². The number of carbonyl (C=O) groups excluding carboxylic acids is 1. The molecular weight excluding hydrogens is 250 g/mol. The molecule has 1 atom stereocenters. The van der Waals surface area contributed by atoms with Crippen molar-refractivity contribution >= 4 is 5.91 Å². The van der Waals surface area contributed by atoms with Crippen LogP contribution < -0.4 is 5.73 Å². The molecule has 0 bridgehead atoms. The average Bonchev–Trinajstić information content (AvgIpc) is 2.86. The standard InChI is InChI=1S/C16H25N3O/c1-18(2)12-15-8-5-9-19(15)16(20)10-13-6-3-4-7-14(13)11-17/h3-4,6-7,15H,5,8-12,17H2,1-2H3. The molecule has 1 aliphatic heterocycles. The molecule has 1 amide bonds. The van der Waals surface area contributed by atoms with Gasteiger partial charge in [-0.05, 0) is 38.1 Å². The molecule has 4 heteroatoms. The van der Waals surface area contributed by atoms with E-state index in [9.17, 15) is 4.79 Å². The molecule has 1 aromatic rings. The summed E-state index contributed by atoms with van der Waals surface area (Å²) in [7, 11) is 4.12. The van der Waals surface area contributed by atoms with Crippen LogP contribution in [0.4, 0.5) is 0 Å². The molecule has 20 heavy (non-hydrogen) atoms. The summed E-state index contributed by atoms with van der Waals surface area (Å²) < 4.78 is 0. The van der Waals surface area contributed by atoms with Crippen LogP contribution in [0.15, 0.2) is 24.3 Å². The molecule has 1 fully saturated rings. The number of likely N-dealkylation sites (N-methyl/N-ethyl adjacent to an activating group) is 1. The lowest BCUT2D eigenvalue weighted by molar-refractivity contribution is -0.131. The van der Waals surface area contributed by atoms with Gasteiger partial charge >= 0.3 is 0 Å². The first kappa shape index (κ1) is 15.0. The van der Waals surface area contributed by atoms with Crippen molar-refractivity contribution in [1.29, 1.82) is 0 Å². The highest BCUT2D eigenvalue weighted by molar-refractivity contribution is 5.79. The number of hydrogen-bond acceptors (Lipinski definition) is 3. The zero-order valence-corrected chi connectivity index (χ0v) is 12.5. The number of hydrogen-bond donors (Lipinski definition) is 1. The Morgan fingerprint density at radius 2 is 2.05 bits per heavy atom. The monoisotopic (exact) mass is 275 g/mol. The predicted molar refractivity (Wildman–Crippen MR) is 81.3 cm³/mol. The van der Waals surface area contributed by atoms with Gasteiger partial charge in [0.1, 0.15) is 0 Å². The number of benzene rings is 1. The van der Waals surface area contributed by atoms with Crippen molar-refractivity contribution in [2.75, 3.05) is 27.2 Å². The molecule has 1 saturated heterocycles. The van der Waals surface area contributed by atoms with Crippen molar-refractivity contribution in [2.24, 2.45) is 5.73 Å². The van der Waals surface area contributed by atoms with Crippen molar-refractivity contribution in [2.45, 2.75) is 31.8 Å². The molecule has 0 saturated carbocycles. The maximum atomic E-state index is 12.5. The Morgan fingerprint density at radius 1 is 1.35 bits per heavy atom. The molecule has 0 aromatic heterocycles. The van der Waals surface area contributed by atoms with Gasteiger partial charge in [-0.1, -0.05) is 24.3 Å². The van der Waals surface area contributed by atoms with Crippen LogP contribution >= 0.6 is 0 Å². The van der Waals surface area contributed by atoms with Gasteiger partial charge in [0.15, 0.2) is 0 Å². The van der Waals surface area contributed by atoms with Gasteiger partial charge in [0, 0.05) is 25.7 Å². The summed E-state index contributed by atoms with van der Waals surface area (Å²) in [6.07, 6.45) is 2.70. The Hall–Kier alpha value is -1.39. The molecule has 0 aliphatic carbocycles. The highest BCUT2D eigenvalue weighted by atomic mass is 16.2. The average molecular weight is 275 g/mol. The second kappa shape index (κ2) is 6.86. The van der Waals surface area contributed by atoms with Crippen LogP contribution in [0.25, 0.3) is 0 Å². The summed E-state index contributed by atoms with van der Waals surface area (Å²) in [5, 5.41) is 0. The third-order valence-corrected chi connectivity index (χ3v) is 3.95. The van der Waals surface area contributed by atoms with Crippen molar-refractivity contribution in [3.63, 3.8) is 0 Å². The van der Waals surface area contributed by atoms with Crippen molar-refractivity contribution < 1.29 is 4.79 Å². The van der Waals surface area contributed by atoms with E-state index >= 15 is 0 Å². The molecule has 110 valence electrons. The van der Waals surface area contributed by atoms with E-state index in [1.165, 1.54) is 0 Å². The van der Waals surface area contributed by atoms with Crippen LogP contribution in [-0.2, 0) is 17.8 Å². The number of nitrogens with zero attached hydrogens (tertiary/aromatic N) is 2. The molecule has 1 heterocycles. The van der Waals surface area contributed by atoms with Crippen LogP contribution in [0.1, 0.15) is 24.0 Å². The third-order valence-electron chi connectivity index (χ3n) is 3.95. The van der Waals surface area contributed by atoms with E-state index in [-0.39, 0.29) is 5.91 Å².